The molecule has 2 aromatic rings. The molecule has 2 N–H and O–H groups in total. The van der Waals surface area contributed by atoms with E-state index in [-0.39, 0.29) is 23.3 Å². The number of rotatable bonds is 5. The first-order valence-corrected chi connectivity index (χ1v) is 8.67. The maximum Gasteiger partial charge on any atom is 0.358 e. The van der Waals surface area contributed by atoms with E-state index in [2.05, 4.69) is 0 Å². The van der Waals surface area contributed by atoms with Crippen molar-refractivity contribution >= 4 is 23.1 Å². The predicted molar refractivity (Wildman–Crippen MR) is 100 cm³/mol. The van der Waals surface area contributed by atoms with Gasteiger partial charge in [0.2, 0.25) is 6.29 Å². The SMILES string of the molecule is O=[N+]([O-])c1ccc(OC(=S)O[C@H]2[C@@H](Oc3ccccc3)OC[C@@H](O)[C@@H]2O)cc1. The quantitative estimate of drug-likeness (QED) is 0.434. The number of aliphatic hydroxyl groups excluding tert-OH is 2. The Balaban J connectivity index is 1.66. The van der Waals surface area contributed by atoms with Crippen molar-refractivity contribution in [1.82, 2.24) is 0 Å². The highest BCUT2D eigenvalue weighted by atomic mass is 32.1. The van der Waals surface area contributed by atoms with Crippen LogP contribution in [0.15, 0.2) is 54.6 Å². The third kappa shape index (κ3) is 4.93. The minimum atomic E-state index is -1.33. The van der Waals surface area contributed by atoms with E-state index in [9.17, 15) is 20.3 Å². The number of nitrogens with zero attached hydrogens (tertiary/aromatic N) is 1. The number of nitro groups is 1. The molecule has 0 radical (unpaired) electrons. The summed E-state index contributed by atoms with van der Waals surface area (Å²) in [5, 5.41) is 30.5. The molecule has 0 unspecified atom stereocenters. The summed E-state index contributed by atoms with van der Waals surface area (Å²) in [6.07, 6.45) is -4.72. The zero-order valence-electron chi connectivity index (χ0n) is 14.4. The molecule has 1 fully saturated rings. The Hall–Kier alpha value is -2.79. The fraction of sp³-hybridized carbons (Fsp3) is 0.278. The fourth-order valence-electron chi connectivity index (χ4n) is 2.49. The normalized spacial score (nSPS) is 24.2. The minimum absolute atomic E-state index is 0.102. The second-order valence-electron chi connectivity index (χ2n) is 5.88. The van der Waals surface area contributed by atoms with Crippen LogP contribution in [0.2, 0.25) is 0 Å². The van der Waals surface area contributed by atoms with E-state index in [4.69, 9.17) is 31.2 Å². The molecule has 0 aliphatic carbocycles. The Labute approximate surface area is 165 Å². The molecule has 0 saturated carbocycles. The van der Waals surface area contributed by atoms with Crippen molar-refractivity contribution in [1.29, 1.82) is 0 Å². The number of non-ortho nitro benzene ring substituents is 1. The van der Waals surface area contributed by atoms with Crippen molar-refractivity contribution in [2.45, 2.75) is 24.6 Å². The number of ether oxygens (including phenoxy) is 4. The van der Waals surface area contributed by atoms with E-state index < -0.39 is 29.5 Å². The van der Waals surface area contributed by atoms with Gasteiger partial charge in [-0.15, -0.1) is 0 Å². The lowest BCUT2D eigenvalue weighted by Crippen LogP contribution is -2.56. The summed E-state index contributed by atoms with van der Waals surface area (Å²) < 4.78 is 21.9. The van der Waals surface area contributed by atoms with Crippen LogP contribution in [0.5, 0.6) is 11.5 Å². The van der Waals surface area contributed by atoms with Crippen LogP contribution in [0.3, 0.4) is 0 Å². The van der Waals surface area contributed by atoms with Crippen LogP contribution in [0.1, 0.15) is 0 Å². The van der Waals surface area contributed by atoms with E-state index >= 15 is 0 Å². The Morgan fingerprint density at radius 3 is 2.43 bits per heavy atom. The van der Waals surface area contributed by atoms with Gasteiger partial charge in [0.05, 0.1) is 11.5 Å². The molecule has 1 aliphatic heterocycles. The van der Waals surface area contributed by atoms with Gasteiger partial charge in [0.25, 0.3) is 5.69 Å². The highest BCUT2D eigenvalue weighted by molar-refractivity contribution is 7.79. The van der Waals surface area contributed by atoms with Crippen molar-refractivity contribution < 1.29 is 34.1 Å². The third-order valence-electron chi connectivity index (χ3n) is 3.91. The number of hydrogen-bond donors (Lipinski definition) is 2. The van der Waals surface area contributed by atoms with Crippen molar-refractivity contribution in [2.24, 2.45) is 0 Å². The maximum absolute atomic E-state index is 10.7. The average Bonchev–Trinajstić information content (AvgIpc) is 2.69. The van der Waals surface area contributed by atoms with Gasteiger partial charge >= 0.3 is 5.24 Å². The monoisotopic (exact) mass is 407 g/mol. The number of hydrogen-bond acceptors (Lipinski definition) is 9. The predicted octanol–water partition coefficient (Wildman–Crippen LogP) is 1.80. The number of benzene rings is 2. The van der Waals surface area contributed by atoms with Gasteiger partial charge < -0.3 is 29.2 Å². The molecule has 1 saturated heterocycles. The molecule has 0 spiro atoms. The summed E-state index contributed by atoms with van der Waals surface area (Å²) in [7, 11) is 0. The first-order chi connectivity index (χ1) is 13.4. The molecule has 9 nitrogen and oxygen atoms in total. The third-order valence-corrected chi connectivity index (χ3v) is 4.09. The fourth-order valence-corrected chi connectivity index (χ4v) is 2.70. The largest absolute Gasteiger partial charge is 0.461 e. The van der Waals surface area contributed by atoms with Gasteiger partial charge in [-0.1, -0.05) is 18.2 Å². The van der Waals surface area contributed by atoms with Crippen LogP contribution in [0.4, 0.5) is 5.69 Å². The lowest BCUT2D eigenvalue weighted by Gasteiger charge is -2.37. The van der Waals surface area contributed by atoms with Crippen LogP contribution in [0, 0.1) is 10.1 Å². The highest BCUT2D eigenvalue weighted by Crippen LogP contribution is 2.24. The van der Waals surface area contributed by atoms with Gasteiger partial charge in [-0.3, -0.25) is 10.1 Å². The van der Waals surface area contributed by atoms with Crippen LogP contribution in [-0.4, -0.2) is 51.6 Å². The molecular formula is C18H17NO8S. The molecular weight excluding hydrogens is 390 g/mol. The van der Waals surface area contributed by atoms with E-state index in [0.717, 1.165) is 0 Å². The summed E-state index contributed by atoms with van der Waals surface area (Å²) in [6.45, 7) is -0.144. The molecule has 0 amide bonds. The zero-order chi connectivity index (χ0) is 20.1. The highest BCUT2D eigenvalue weighted by Gasteiger charge is 2.43. The van der Waals surface area contributed by atoms with Gasteiger partial charge in [0, 0.05) is 24.4 Å². The van der Waals surface area contributed by atoms with Crippen molar-refractivity contribution in [2.75, 3.05) is 6.61 Å². The summed E-state index contributed by atoms with van der Waals surface area (Å²) in [5.41, 5.74) is -0.102. The average molecular weight is 407 g/mol. The standard InChI is InChI=1S/C18H17NO8S/c20-14-10-24-17(25-12-4-2-1-3-5-12)16(15(14)21)27-18(28)26-13-8-6-11(7-9-13)19(22)23/h1-9,14-17,20-21H,10H2/t14-,15+,16-,17-/m1/s1. The molecule has 4 atom stereocenters. The molecule has 1 aliphatic rings. The van der Waals surface area contributed by atoms with E-state index in [1.165, 1.54) is 24.3 Å². The molecule has 0 bridgehead atoms. The van der Waals surface area contributed by atoms with Gasteiger partial charge in [0.1, 0.15) is 23.7 Å². The molecule has 0 aromatic heterocycles. The van der Waals surface area contributed by atoms with Crippen molar-refractivity contribution in [3.8, 4) is 11.5 Å². The Kier molecular flexibility index (Phi) is 6.37. The first-order valence-electron chi connectivity index (χ1n) is 8.26. The topological polar surface area (TPSA) is 121 Å². The van der Waals surface area contributed by atoms with Gasteiger partial charge in [-0.25, -0.2) is 0 Å². The number of para-hydroxylation sites is 1. The summed E-state index contributed by atoms with van der Waals surface area (Å²) >= 11 is 5.03. The maximum atomic E-state index is 10.7. The van der Waals surface area contributed by atoms with E-state index in [1.54, 1.807) is 24.3 Å². The van der Waals surface area contributed by atoms with Crippen LogP contribution in [0.25, 0.3) is 0 Å². The summed E-state index contributed by atoms with van der Waals surface area (Å²) in [4.78, 5) is 10.1. The second-order valence-corrected chi connectivity index (χ2v) is 6.21. The Morgan fingerprint density at radius 1 is 1.11 bits per heavy atom. The van der Waals surface area contributed by atoms with Gasteiger partial charge in [0.15, 0.2) is 6.10 Å². The molecule has 148 valence electrons. The minimum Gasteiger partial charge on any atom is -0.461 e. The van der Waals surface area contributed by atoms with E-state index in [1.807, 2.05) is 6.07 Å². The number of aliphatic hydroxyl groups is 2. The number of thiocarbonyl (C=S) groups is 1. The van der Waals surface area contributed by atoms with Crippen molar-refractivity contribution in [3.63, 3.8) is 0 Å². The summed E-state index contributed by atoms with van der Waals surface area (Å²) in [6, 6.07) is 14.0. The molecule has 10 heteroatoms. The van der Waals surface area contributed by atoms with Crippen LogP contribution in [-0.2, 0) is 9.47 Å². The van der Waals surface area contributed by atoms with E-state index in [0.29, 0.717) is 5.75 Å². The summed E-state index contributed by atoms with van der Waals surface area (Å²) in [5.74, 6) is 0.690. The molecule has 1 heterocycles. The Morgan fingerprint density at radius 2 is 1.79 bits per heavy atom. The molecule has 28 heavy (non-hydrogen) atoms. The Bertz CT molecular complexity index is 816. The van der Waals surface area contributed by atoms with Crippen LogP contribution >= 0.6 is 12.2 Å². The lowest BCUT2D eigenvalue weighted by atomic mass is 10.1. The van der Waals surface area contributed by atoms with Crippen LogP contribution < -0.4 is 9.47 Å². The molecule has 2 aromatic carbocycles. The smallest absolute Gasteiger partial charge is 0.358 e. The zero-order valence-corrected chi connectivity index (χ0v) is 15.2. The van der Waals surface area contributed by atoms with Gasteiger partial charge in [-0.2, -0.15) is 0 Å². The second kappa shape index (κ2) is 8.93. The number of nitro benzene ring substituents is 1. The lowest BCUT2D eigenvalue weighted by molar-refractivity contribution is -0.384. The first kappa shape index (κ1) is 20.0. The van der Waals surface area contributed by atoms with Gasteiger partial charge in [-0.05, 0) is 24.3 Å². The van der Waals surface area contributed by atoms with Crippen molar-refractivity contribution in [3.05, 3.63) is 64.7 Å². The molecule has 3 rings (SSSR count).